The standard InChI is InChI=1S/C16H13N5O2S3/c1-22-11-5-2-4-10(8-11)17-15-19-20-16(26-15)25-9-13-18-14(23-21-13)12-6-3-7-24-12/h2-8H,9H2,1H3,(H,17,19). The molecule has 0 bridgehead atoms. The summed E-state index contributed by atoms with van der Waals surface area (Å²) in [6, 6.07) is 11.6. The van der Waals surface area contributed by atoms with Crippen molar-refractivity contribution in [2.24, 2.45) is 0 Å². The number of anilines is 2. The molecule has 0 saturated carbocycles. The zero-order chi connectivity index (χ0) is 17.8. The average Bonchev–Trinajstić information content (AvgIpc) is 3.41. The van der Waals surface area contributed by atoms with Gasteiger partial charge in [-0.25, -0.2) is 0 Å². The Kier molecular flexibility index (Phi) is 5.14. The van der Waals surface area contributed by atoms with Crippen LogP contribution in [0.15, 0.2) is 50.6 Å². The van der Waals surface area contributed by atoms with E-state index >= 15 is 0 Å². The maximum absolute atomic E-state index is 5.28. The molecule has 1 N–H and O–H groups in total. The Morgan fingerprint density at radius 2 is 2.19 bits per heavy atom. The van der Waals surface area contributed by atoms with Crippen molar-refractivity contribution in [2.45, 2.75) is 10.1 Å². The van der Waals surface area contributed by atoms with Crippen LogP contribution in [0.25, 0.3) is 10.8 Å². The van der Waals surface area contributed by atoms with Crippen molar-refractivity contribution in [3.8, 4) is 16.5 Å². The molecule has 0 fully saturated rings. The fraction of sp³-hybridized carbons (Fsp3) is 0.125. The van der Waals surface area contributed by atoms with Crippen molar-refractivity contribution in [3.05, 3.63) is 47.6 Å². The molecule has 0 spiro atoms. The van der Waals surface area contributed by atoms with Crippen LogP contribution < -0.4 is 10.1 Å². The van der Waals surface area contributed by atoms with Crippen LogP contribution in [0.3, 0.4) is 0 Å². The molecule has 0 aliphatic heterocycles. The number of hydrogen-bond donors (Lipinski definition) is 1. The number of nitrogens with zero attached hydrogens (tertiary/aromatic N) is 4. The van der Waals surface area contributed by atoms with Crippen molar-refractivity contribution < 1.29 is 9.26 Å². The van der Waals surface area contributed by atoms with Crippen LogP contribution in [-0.4, -0.2) is 27.4 Å². The van der Waals surface area contributed by atoms with Crippen molar-refractivity contribution in [1.82, 2.24) is 20.3 Å². The first-order valence-electron chi connectivity index (χ1n) is 7.54. The molecule has 0 aliphatic rings. The third-order valence-electron chi connectivity index (χ3n) is 3.25. The van der Waals surface area contributed by atoms with Gasteiger partial charge in [-0.1, -0.05) is 40.4 Å². The highest BCUT2D eigenvalue weighted by Gasteiger charge is 2.12. The first-order chi connectivity index (χ1) is 12.8. The van der Waals surface area contributed by atoms with E-state index in [0.717, 1.165) is 20.7 Å². The molecule has 0 atom stereocenters. The summed E-state index contributed by atoms with van der Waals surface area (Å²) in [6.07, 6.45) is 0. The Hall–Kier alpha value is -2.43. The zero-order valence-corrected chi connectivity index (χ0v) is 16.0. The lowest BCUT2D eigenvalue weighted by atomic mass is 10.3. The second-order valence-electron chi connectivity index (χ2n) is 5.01. The quantitative estimate of drug-likeness (QED) is 0.445. The van der Waals surface area contributed by atoms with Crippen LogP contribution in [0.5, 0.6) is 5.75 Å². The summed E-state index contributed by atoms with van der Waals surface area (Å²) in [7, 11) is 1.64. The molecule has 4 aromatic rings. The minimum absolute atomic E-state index is 0.549. The van der Waals surface area contributed by atoms with Gasteiger partial charge in [0.2, 0.25) is 5.13 Å². The highest BCUT2D eigenvalue weighted by Crippen LogP contribution is 2.31. The topological polar surface area (TPSA) is 86.0 Å². The number of methoxy groups -OCH3 is 1. The van der Waals surface area contributed by atoms with Crippen molar-refractivity contribution in [1.29, 1.82) is 0 Å². The van der Waals surface area contributed by atoms with E-state index in [-0.39, 0.29) is 0 Å². The fourth-order valence-corrected chi connectivity index (χ4v) is 4.34. The Morgan fingerprint density at radius 1 is 1.23 bits per heavy atom. The summed E-state index contributed by atoms with van der Waals surface area (Å²) in [5, 5.41) is 18.3. The lowest BCUT2D eigenvalue weighted by Gasteiger charge is -2.04. The number of hydrogen-bond acceptors (Lipinski definition) is 10. The monoisotopic (exact) mass is 403 g/mol. The first kappa shape index (κ1) is 17.0. The third kappa shape index (κ3) is 4.03. The van der Waals surface area contributed by atoms with E-state index in [9.17, 15) is 0 Å². The highest BCUT2D eigenvalue weighted by atomic mass is 32.2. The Labute approximate surface area is 161 Å². The summed E-state index contributed by atoms with van der Waals surface area (Å²) >= 11 is 4.56. The predicted molar refractivity (Wildman–Crippen MR) is 103 cm³/mol. The van der Waals surface area contributed by atoms with E-state index in [1.807, 2.05) is 41.8 Å². The van der Waals surface area contributed by atoms with Crippen LogP contribution >= 0.6 is 34.4 Å². The molecule has 26 heavy (non-hydrogen) atoms. The molecule has 1 aromatic carbocycles. The van der Waals surface area contributed by atoms with Crippen LogP contribution in [0.4, 0.5) is 10.8 Å². The van der Waals surface area contributed by atoms with E-state index in [0.29, 0.717) is 22.6 Å². The van der Waals surface area contributed by atoms with Gasteiger partial charge in [0, 0.05) is 11.8 Å². The van der Waals surface area contributed by atoms with Gasteiger partial charge in [0.05, 0.1) is 17.7 Å². The number of nitrogens with one attached hydrogen (secondary N) is 1. The van der Waals surface area contributed by atoms with E-state index in [1.165, 1.54) is 23.1 Å². The van der Waals surface area contributed by atoms with Gasteiger partial charge in [0.1, 0.15) is 5.75 Å². The molecular formula is C16H13N5O2S3. The Balaban J connectivity index is 1.36. The number of thioether (sulfide) groups is 1. The molecule has 3 aromatic heterocycles. The number of rotatable bonds is 7. The van der Waals surface area contributed by atoms with Gasteiger partial charge in [-0.3, -0.25) is 0 Å². The minimum atomic E-state index is 0.549. The molecule has 0 radical (unpaired) electrons. The summed E-state index contributed by atoms with van der Waals surface area (Å²) < 4.78 is 11.3. The maximum Gasteiger partial charge on any atom is 0.268 e. The van der Waals surface area contributed by atoms with Gasteiger partial charge >= 0.3 is 0 Å². The Morgan fingerprint density at radius 3 is 3.04 bits per heavy atom. The second kappa shape index (κ2) is 7.85. The zero-order valence-electron chi connectivity index (χ0n) is 13.6. The summed E-state index contributed by atoms with van der Waals surface area (Å²) in [5.41, 5.74) is 0.899. The van der Waals surface area contributed by atoms with Crippen molar-refractivity contribution >= 4 is 45.3 Å². The number of ether oxygens (including phenoxy) is 1. The molecule has 0 amide bonds. The molecule has 7 nitrogen and oxygen atoms in total. The summed E-state index contributed by atoms with van der Waals surface area (Å²) in [5.74, 6) is 2.54. The Bertz CT molecular complexity index is 983. The molecule has 4 rings (SSSR count). The SMILES string of the molecule is COc1cccc(Nc2nnc(SCc3noc(-c4cccs4)n3)s2)c1. The van der Waals surface area contributed by atoms with Gasteiger partial charge in [-0.15, -0.1) is 21.5 Å². The molecule has 0 unspecified atom stereocenters. The molecular weight excluding hydrogens is 390 g/mol. The normalized spacial score (nSPS) is 10.8. The highest BCUT2D eigenvalue weighted by molar-refractivity contribution is 8.00. The smallest absolute Gasteiger partial charge is 0.268 e. The first-order valence-corrected chi connectivity index (χ1v) is 10.2. The van der Waals surface area contributed by atoms with E-state index in [1.54, 1.807) is 18.4 Å². The van der Waals surface area contributed by atoms with Gasteiger partial charge in [0.15, 0.2) is 10.2 Å². The van der Waals surface area contributed by atoms with Gasteiger partial charge in [0.25, 0.3) is 5.89 Å². The maximum atomic E-state index is 5.28. The molecule has 0 aliphatic carbocycles. The number of thiophene rings is 1. The lowest BCUT2D eigenvalue weighted by Crippen LogP contribution is -1.90. The van der Waals surface area contributed by atoms with Gasteiger partial charge in [-0.2, -0.15) is 4.98 Å². The van der Waals surface area contributed by atoms with Crippen molar-refractivity contribution in [3.63, 3.8) is 0 Å². The fourth-order valence-electron chi connectivity index (χ4n) is 2.08. The largest absolute Gasteiger partial charge is 0.497 e. The van der Waals surface area contributed by atoms with Crippen molar-refractivity contribution in [2.75, 3.05) is 12.4 Å². The van der Waals surface area contributed by atoms with Crippen LogP contribution in [0.1, 0.15) is 5.82 Å². The molecule has 3 heterocycles. The summed E-state index contributed by atoms with van der Waals surface area (Å²) in [4.78, 5) is 5.37. The number of benzene rings is 1. The van der Waals surface area contributed by atoms with Crippen LogP contribution in [-0.2, 0) is 5.75 Å². The number of aromatic nitrogens is 4. The average molecular weight is 404 g/mol. The molecule has 132 valence electrons. The van der Waals surface area contributed by atoms with E-state index < -0.39 is 0 Å². The summed E-state index contributed by atoms with van der Waals surface area (Å²) in [6.45, 7) is 0. The van der Waals surface area contributed by atoms with Crippen LogP contribution in [0.2, 0.25) is 0 Å². The predicted octanol–water partition coefficient (Wildman–Crippen LogP) is 4.69. The molecule has 0 saturated heterocycles. The molecule has 10 heteroatoms. The van der Waals surface area contributed by atoms with E-state index in [4.69, 9.17) is 9.26 Å². The lowest BCUT2D eigenvalue weighted by molar-refractivity contribution is 0.415. The second-order valence-corrected chi connectivity index (χ2v) is 8.16. The van der Waals surface area contributed by atoms with E-state index in [2.05, 4.69) is 25.7 Å². The minimum Gasteiger partial charge on any atom is -0.497 e. The van der Waals surface area contributed by atoms with Gasteiger partial charge < -0.3 is 14.6 Å². The van der Waals surface area contributed by atoms with Gasteiger partial charge in [-0.05, 0) is 23.6 Å². The third-order valence-corrected chi connectivity index (χ3v) is 6.08. The van der Waals surface area contributed by atoms with Crippen LogP contribution in [0, 0.1) is 0 Å².